The Labute approximate surface area is 149 Å². The number of aromatic nitrogens is 3. The fraction of sp³-hybridized carbons (Fsp3) is 0.158. The van der Waals surface area contributed by atoms with Crippen LogP contribution in [0.3, 0.4) is 0 Å². The molecule has 0 fully saturated rings. The first-order chi connectivity index (χ1) is 12.4. The smallest absolute Gasteiger partial charge is 0.250 e. The minimum Gasteiger partial charge on any atom is -0.381 e. The molecular formula is C19H16FN5O. The Balaban J connectivity index is 2.34. The predicted molar refractivity (Wildman–Crippen MR) is 96.6 cm³/mol. The van der Waals surface area contributed by atoms with Crippen molar-refractivity contribution in [1.29, 1.82) is 5.26 Å². The molecule has 26 heavy (non-hydrogen) atoms. The van der Waals surface area contributed by atoms with E-state index in [4.69, 9.17) is 5.73 Å². The SMILES string of the molecule is CC(C)n1cc(-c2nc(C#N)c(N)nc2-c2ccccc2F)ccc1=O. The van der Waals surface area contributed by atoms with Gasteiger partial charge < -0.3 is 10.3 Å². The third-order valence-electron chi connectivity index (χ3n) is 3.93. The maximum absolute atomic E-state index is 14.3. The zero-order valence-electron chi connectivity index (χ0n) is 14.3. The molecule has 1 aromatic carbocycles. The summed E-state index contributed by atoms with van der Waals surface area (Å²) < 4.78 is 15.9. The van der Waals surface area contributed by atoms with Gasteiger partial charge in [-0.1, -0.05) is 12.1 Å². The monoisotopic (exact) mass is 349 g/mol. The highest BCUT2D eigenvalue weighted by atomic mass is 19.1. The number of nitrogen functional groups attached to an aromatic ring is 1. The summed E-state index contributed by atoms with van der Waals surface area (Å²) in [6.07, 6.45) is 1.62. The van der Waals surface area contributed by atoms with Crippen LogP contribution < -0.4 is 11.3 Å². The van der Waals surface area contributed by atoms with Gasteiger partial charge in [-0.3, -0.25) is 4.79 Å². The summed E-state index contributed by atoms with van der Waals surface area (Å²) in [5.74, 6) is -0.559. The molecule has 0 saturated carbocycles. The molecule has 0 saturated heterocycles. The lowest BCUT2D eigenvalue weighted by Crippen LogP contribution is -2.20. The zero-order valence-corrected chi connectivity index (χ0v) is 14.3. The van der Waals surface area contributed by atoms with Crippen molar-refractivity contribution >= 4 is 5.82 Å². The van der Waals surface area contributed by atoms with Crippen molar-refractivity contribution in [3.05, 3.63) is 64.5 Å². The van der Waals surface area contributed by atoms with Gasteiger partial charge in [-0.15, -0.1) is 0 Å². The van der Waals surface area contributed by atoms with Crippen molar-refractivity contribution < 1.29 is 4.39 Å². The van der Waals surface area contributed by atoms with Crippen molar-refractivity contribution in [2.75, 3.05) is 5.73 Å². The average molecular weight is 349 g/mol. The number of hydrogen-bond donors (Lipinski definition) is 1. The Morgan fingerprint density at radius 2 is 1.88 bits per heavy atom. The van der Waals surface area contributed by atoms with Crippen LogP contribution in [-0.4, -0.2) is 14.5 Å². The molecule has 2 aromatic heterocycles. The van der Waals surface area contributed by atoms with Crippen LogP contribution in [-0.2, 0) is 0 Å². The minimum absolute atomic E-state index is 0.0533. The number of nitriles is 1. The molecule has 2 heterocycles. The Bertz CT molecular complexity index is 1080. The van der Waals surface area contributed by atoms with Gasteiger partial charge in [0.25, 0.3) is 5.56 Å². The number of hydrogen-bond acceptors (Lipinski definition) is 5. The molecule has 0 aliphatic heterocycles. The number of rotatable bonds is 3. The maximum atomic E-state index is 14.3. The first-order valence-corrected chi connectivity index (χ1v) is 7.97. The van der Waals surface area contributed by atoms with Gasteiger partial charge in [0.15, 0.2) is 11.5 Å². The van der Waals surface area contributed by atoms with Crippen LogP contribution in [0, 0.1) is 17.1 Å². The second-order valence-corrected chi connectivity index (χ2v) is 6.00. The van der Waals surface area contributed by atoms with Gasteiger partial charge in [0.05, 0.1) is 5.69 Å². The highest BCUT2D eigenvalue weighted by Gasteiger charge is 2.18. The van der Waals surface area contributed by atoms with E-state index in [0.717, 1.165) is 0 Å². The highest BCUT2D eigenvalue weighted by Crippen LogP contribution is 2.31. The molecule has 0 bridgehead atoms. The number of anilines is 1. The molecule has 3 rings (SSSR count). The molecule has 0 unspecified atom stereocenters. The fourth-order valence-corrected chi connectivity index (χ4v) is 2.62. The Morgan fingerprint density at radius 3 is 2.54 bits per heavy atom. The van der Waals surface area contributed by atoms with Crippen LogP contribution in [0.1, 0.15) is 25.6 Å². The van der Waals surface area contributed by atoms with Crippen molar-refractivity contribution in [2.45, 2.75) is 19.9 Å². The van der Waals surface area contributed by atoms with Crippen LogP contribution >= 0.6 is 0 Å². The van der Waals surface area contributed by atoms with E-state index in [2.05, 4.69) is 9.97 Å². The van der Waals surface area contributed by atoms with Crippen LogP contribution in [0.2, 0.25) is 0 Å². The van der Waals surface area contributed by atoms with Crippen molar-refractivity contribution in [2.24, 2.45) is 0 Å². The van der Waals surface area contributed by atoms with Gasteiger partial charge in [0.2, 0.25) is 0 Å². The van der Waals surface area contributed by atoms with E-state index in [1.807, 2.05) is 19.9 Å². The molecule has 6 nitrogen and oxygen atoms in total. The predicted octanol–water partition coefficient (Wildman–Crippen LogP) is 3.15. The standard InChI is InChI=1S/C19H16FN5O/c1-11(2)25-10-12(7-8-16(25)26)17-18(13-5-3-4-6-14(13)20)24-19(22)15(9-21)23-17/h3-8,10-11H,1-2H3,(H2,22,24). The quantitative estimate of drug-likeness (QED) is 0.783. The van der Waals surface area contributed by atoms with Crippen molar-refractivity contribution in [3.63, 3.8) is 0 Å². The summed E-state index contributed by atoms with van der Waals surface area (Å²) >= 11 is 0. The molecule has 130 valence electrons. The molecular weight excluding hydrogens is 333 g/mol. The second-order valence-electron chi connectivity index (χ2n) is 6.00. The third-order valence-corrected chi connectivity index (χ3v) is 3.93. The molecule has 0 amide bonds. The first kappa shape index (κ1) is 17.3. The number of nitrogens with two attached hydrogens (primary N) is 1. The Morgan fingerprint density at radius 1 is 1.15 bits per heavy atom. The molecule has 7 heteroatoms. The topological polar surface area (TPSA) is 97.6 Å². The van der Waals surface area contributed by atoms with Gasteiger partial charge in [-0.2, -0.15) is 5.26 Å². The van der Waals surface area contributed by atoms with Gasteiger partial charge in [0, 0.05) is 29.4 Å². The molecule has 2 N–H and O–H groups in total. The summed E-state index contributed by atoms with van der Waals surface area (Å²) in [6, 6.07) is 10.9. The van der Waals surface area contributed by atoms with Gasteiger partial charge in [0.1, 0.15) is 17.6 Å². The lowest BCUT2D eigenvalue weighted by atomic mass is 10.0. The van der Waals surface area contributed by atoms with Crippen molar-refractivity contribution in [1.82, 2.24) is 14.5 Å². The molecule has 0 atom stereocenters. The number of halogens is 1. The van der Waals surface area contributed by atoms with Crippen LogP contribution in [0.5, 0.6) is 0 Å². The second kappa shape index (κ2) is 6.76. The first-order valence-electron chi connectivity index (χ1n) is 7.97. The average Bonchev–Trinajstić information content (AvgIpc) is 2.62. The summed E-state index contributed by atoms with van der Waals surface area (Å²) in [6.45, 7) is 3.75. The zero-order chi connectivity index (χ0) is 18.8. The highest BCUT2D eigenvalue weighted by molar-refractivity contribution is 5.79. The van der Waals surface area contributed by atoms with Crippen LogP contribution in [0.25, 0.3) is 22.5 Å². The largest absolute Gasteiger partial charge is 0.381 e. The normalized spacial score (nSPS) is 10.7. The van der Waals surface area contributed by atoms with E-state index in [9.17, 15) is 14.4 Å². The summed E-state index contributed by atoms with van der Waals surface area (Å²) in [4.78, 5) is 20.5. The summed E-state index contributed by atoms with van der Waals surface area (Å²) in [5, 5.41) is 9.23. The Kier molecular flexibility index (Phi) is 4.50. The summed E-state index contributed by atoms with van der Waals surface area (Å²) in [7, 11) is 0. The van der Waals surface area contributed by atoms with Crippen LogP contribution in [0.15, 0.2) is 47.4 Å². The van der Waals surface area contributed by atoms with E-state index in [-0.39, 0.29) is 40.1 Å². The number of pyridine rings is 1. The van der Waals surface area contributed by atoms with E-state index >= 15 is 0 Å². The van der Waals surface area contributed by atoms with Gasteiger partial charge >= 0.3 is 0 Å². The molecule has 3 aromatic rings. The summed E-state index contributed by atoms with van der Waals surface area (Å²) in [5.41, 5.74) is 6.84. The van der Waals surface area contributed by atoms with E-state index in [1.54, 1.807) is 30.5 Å². The van der Waals surface area contributed by atoms with E-state index < -0.39 is 5.82 Å². The van der Waals surface area contributed by atoms with Gasteiger partial charge in [-0.05, 0) is 32.0 Å². The van der Waals surface area contributed by atoms with E-state index in [0.29, 0.717) is 5.56 Å². The molecule has 0 radical (unpaired) electrons. The fourth-order valence-electron chi connectivity index (χ4n) is 2.62. The Hall–Kier alpha value is -3.53. The van der Waals surface area contributed by atoms with Gasteiger partial charge in [-0.25, -0.2) is 14.4 Å². The number of benzene rings is 1. The van der Waals surface area contributed by atoms with E-state index in [1.165, 1.54) is 16.7 Å². The van der Waals surface area contributed by atoms with Crippen molar-refractivity contribution in [3.8, 4) is 28.6 Å². The molecule has 0 spiro atoms. The molecule has 0 aliphatic rings. The molecule has 0 aliphatic carbocycles. The lowest BCUT2D eigenvalue weighted by molar-refractivity contribution is 0.579. The lowest BCUT2D eigenvalue weighted by Gasteiger charge is -2.14. The maximum Gasteiger partial charge on any atom is 0.250 e. The van der Waals surface area contributed by atoms with Crippen LogP contribution in [0.4, 0.5) is 10.2 Å². The number of nitrogens with zero attached hydrogens (tertiary/aromatic N) is 4. The third kappa shape index (κ3) is 3.05. The minimum atomic E-state index is -0.482.